The molecule has 0 heterocycles. The Bertz CT molecular complexity index is 1920. The van der Waals surface area contributed by atoms with Crippen LogP contribution in [0.1, 0.15) is 280 Å². The number of benzene rings is 4. The molecule has 4 aliphatic carbocycles. The third-order valence-electron chi connectivity index (χ3n) is 17.0. The molecule has 8 rings (SSSR count). The molecule has 69 heavy (non-hydrogen) atoms. The smallest absolute Gasteiger partial charge is 0 e. The first-order valence-electron chi connectivity index (χ1n) is 28.8. The van der Waals surface area contributed by atoms with Gasteiger partial charge in [-0.05, 0) is 159 Å². The van der Waals surface area contributed by atoms with Gasteiger partial charge in [-0.25, -0.2) is 0 Å². The van der Waals surface area contributed by atoms with E-state index in [1.54, 1.807) is 49.6 Å². The molecule has 4 aromatic carbocycles. The van der Waals surface area contributed by atoms with E-state index in [0.29, 0.717) is 35.5 Å². The van der Waals surface area contributed by atoms with Crippen LogP contribution in [-0.4, -0.2) is 22.6 Å². The van der Waals surface area contributed by atoms with Crippen LogP contribution in [0.5, 0.6) is 0 Å². The van der Waals surface area contributed by atoms with Crippen LogP contribution in [0.4, 0.5) is 0 Å². The Morgan fingerprint density at radius 1 is 0.377 bits per heavy atom. The van der Waals surface area contributed by atoms with Crippen molar-refractivity contribution in [3.63, 3.8) is 0 Å². The molecule has 0 saturated heterocycles. The number of hydrogen-bond acceptors (Lipinski definition) is 0. The van der Waals surface area contributed by atoms with Gasteiger partial charge in [0.1, 0.15) is 0 Å². The van der Waals surface area contributed by atoms with E-state index in [-0.39, 0.29) is 36.3 Å². The summed E-state index contributed by atoms with van der Waals surface area (Å²) in [5, 5.41) is 3.46. The van der Waals surface area contributed by atoms with Crippen molar-refractivity contribution >= 4 is 26.5 Å². The second kappa shape index (κ2) is 27.1. The molecule has 0 aliphatic heterocycles. The SMILES string of the molecule is CC(C)c1cc(C(C)C)c(-c2c[c-]ccc2P(C2CCCCC2)C2CCCCC2)c(C(C)C)c1.CC(C)c1cc(C(C)C)c(-c2ccccc2P(C2CCCCC2)C2CCCCC2)c(C(C)C)c1.[Pd]. The van der Waals surface area contributed by atoms with Crippen molar-refractivity contribution in [2.75, 3.05) is 0 Å². The van der Waals surface area contributed by atoms with E-state index in [4.69, 9.17) is 0 Å². The molecule has 4 aliphatic rings. The first-order valence-corrected chi connectivity index (χ1v) is 31.7. The van der Waals surface area contributed by atoms with Crippen LogP contribution in [0.3, 0.4) is 0 Å². The van der Waals surface area contributed by atoms with Crippen molar-refractivity contribution < 1.29 is 20.4 Å². The van der Waals surface area contributed by atoms with Crippen LogP contribution in [-0.2, 0) is 20.4 Å². The predicted molar refractivity (Wildman–Crippen MR) is 308 cm³/mol. The normalized spacial score (nSPS) is 18.3. The Morgan fingerprint density at radius 2 is 0.681 bits per heavy atom. The first-order chi connectivity index (χ1) is 32.8. The molecule has 3 heteroatoms. The molecule has 382 valence electrons. The minimum absolute atomic E-state index is 0. The molecule has 0 spiro atoms. The summed E-state index contributed by atoms with van der Waals surface area (Å²) in [6.45, 7) is 28.6. The standard InChI is InChI=1S/C33H49P.C33H48P.Pd/c2*1-23(2)26-21-30(24(3)4)33(31(22-26)25(5)6)29-19-13-14-20-32(29)34(27-15-9-7-10-16-27)28-17-11-8-12-18-28;/h13-14,19-25,27-28H,7-12,15-18H2,1-6H3;14,19-25,27-28H,7-12,15-18H2,1-6H3;/q;-1;. The molecule has 0 N–H and O–H groups in total. The third-order valence-corrected chi connectivity index (χ3v) is 24.1. The average Bonchev–Trinajstić information content (AvgIpc) is 3.35. The predicted octanol–water partition coefficient (Wildman–Crippen LogP) is 20.8. The first kappa shape index (κ1) is 56.7. The molecule has 0 unspecified atom stereocenters. The fourth-order valence-corrected chi connectivity index (χ4v) is 21.0. The van der Waals surface area contributed by atoms with Gasteiger partial charge in [-0.3, -0.25) is 0 Å². The summed E-state index contributed by atoms with van der Waals surface area (Å²) in [5.41, 5.74) is 19.3. The Morgan fingerprint density at radius 3 is 1.00 bits per heavy atom. The summed E-state index contributed by atoms with van der Waals surface area (Å²) in [6.07, 6.45) is 29.1. The van der Waals surface area contributed by atoms with Crippen LogP contribution in [0.15, 0.2) is 66.7 Å². The van der Waals surface area contributed by atoms with Gasteiger partial charge in [-0.1, -0.05) is 230 Å². The molecular formula is C66H97P2Pd-. The van der Waals surface area contributed by atoms with Crippen molar-refractivity contribution in [1.29, 1.82) is 0 Å². The molecule has 4 fully saturated rings. The van der Waals surface area contributed by atoms with Gasteiger partial charge in [0.05, 0.1) is 0 Å². The van der Waals surface area contributed by atoms with Crippen molar-refractivity contribution in [3.8, 4) is 22.3 Å². The molecule has 0 radical (unpaired) electrons. The number of hydrogen-bond donors (Lipinski definition) is 0. The minimum Gasteiger partial charge on any atom is -0.183 e. The van der Waals surface area contributed by atoms with Crippen molar-refractivity contribution in [2.45, 2.75) is 270 Å². The molecule has 4 saturated carbocycles. The summed E-state index contributed by atoms with van der Waals surface area (Å²) >= 11 is 0. The maximum atomic E-state index is 3.54. The van der Waals surface area contributed by atoms with Crippen LogP contribution in [0.25, 0.3) is 22.3 Å². The summed E-state index contributed by atoms with van der Waals surface area (Å²) in [4.78, 5) is 0. The summed E-state index contributed by atoms with van der Waals surface area (Å²) in [6, 6.07) is 30.6. The van der Waals surface area contributed by atoms with Gasteiger partial charge in [0.25, 0.3) is 0 Å². The second-order valence-electron chi connectivity index (χ2n) is 24.0. The Balaban J connectivity index is 0.000000224. The molecular weight excluding hydrogens is 961 g/mol. The van der Waals surface area contributed by atoms with E-state index in [9.17, 15) is 0 Å². The van der Waals surface area contributed by atoms with Gasteiger partial charge in [0.15, 0.2) is 0 Å². The zero-order valence-corrected chi connectivity index (χ0v) is 49.3. The van der Waals surface area contributed by atoms with Crippen LogP contribution < -0.4 is 10.6 Å². The zero-order chi connectivity index (χ0) is 48.5. The quantitative estimate of drug-likeness (QED) is 0.0671. The van der Waals surface area contributed by atoms with Gasteiger partial charge in [0, 0.05) is 20.4 Å². The van der Waals surface area contributed by atoms with Gasteiger partial charge >= 0.3 is 0 Å². The van der Waals surface area contributed by atoms with E-state index in [2.05, 4.69) is 156 Å². The largest absolute Gasteiger partial charge is 0.183 e. The van der Waals surface area contributed by atoms with Crippen LogP contribution >= 0.6 is 15.8 Å². The fraction of sp³-hybridized carbons (Fsp3) is 0.636. The fourth-order valence-electron chi connectivity index (χ4n) is 13.1. The topological polar surface area (TPSA) is 0 Å². The van der Waals surface area contributed by atoms with Crippen molar-refractivity contribution in [3.05, 3.63) is 106 Å². The molecule has 0 aromatic heterocycles. The monoisotopic (exact) mass is 1060 g/mol. The minimum atomic E-state index is -0.140. The maximum absolute atomic E-state index is 3.54. The molecule has 0 amide bonds. The van der Waals surface area contributed by atoms with E-state index in [0.717, 1.165) is 22.6 Å². The third kappa shape index (κ3) is 14.0. The second-order valence-corrected chi connectivity index (χ2v) is 29.5. The van der Waals surface area contributed by atoms with E-state index >= 15 is 0 Å². The molecule has 0 nitrogen and oxygen atoms in total. The van der Waals surface area contributed by atoms with Crippen molar-refractivity contribution in [1.82, 2.24) is 0 Å². The van der Waals surface area contributed by atoms with E-state index < -0.39 is 0 Å². The van der Waals surface area contributed by atoms with Crippen molar-refractivity contribution in [2.24, 2.45) is 0 Å². The molecule has 4 aromatic rings. The van der Waals surface area contributed by atoms with Crippen LogP contribution in [0.2, 0.25) is 0 Å². The Kier molecular flexibility index (Phi) is 22.3. The maximum Gasteiger partial charge on any atom is 0 e. The average molecular weight is 1060 g/mol. The van der Waals surface area contributed by atoms with Crippen LogP contribution in [0, 0.1) is 6.07 Å². The van der Waals surface area contributed by atoms with Gasteiger partial charge < -0.3 is 0 Å². The number of rotatable bonds is 14. The summed E-state index contributed by atoms with van der Waals surface area (Å²) in [7, 11) is -0.260. The molecule has 0 bridgehead atoms. The molecule has 0 atom stereocenters. The summed E-state index contributed by atoms with van der Waals surface area (Å²) in [5.74, 6) is 3.25. The van der Waals surface area contributed by atoms with E-state index in [1.807, 2.05) is 0 Å². The van der Waals surface area contributed by atoms with Gasteiger partial charge in [-0.15, -0.1) is 10.9 Å². The summed E-state index contributed by atoms with van der Waals surface area (Å²) < 4.78 is 0. The van der Waals surface area contributed by atoms with E-state index in [1.165, 1.54) is 145 Å². The Hall–Kier alpha value is -1.60. The van der Waals surface area contributed by atoms with Gasteiger partial charge in [-0.2, -0.15) is 24.3 Å². The zero-order valence-electron chi connectivity index (χ0n) is 46.0. The van der Waals surface area contributed by atoms with Gasteiger partial charge in [0.2, 0.25) is 0 Å². The Labute approximate surface area is 442 Å².